The predicted octanol–water partition coefficient (Wildman–Crippen LogP) is 3.40. The van der Waals surface area contributed by atoms with Gasteiger partial charge in [-0.05, 0) is 46.5 Å². The SMILES string of the molecule is CC(C)(O)C(C)(C)NC(=O)CCCC1CCCCC1. The molecule has 0 spiro atoms. The molecule has 0 aromatic heterocycles. The van der Waals surface area contributed by atoms with Crippen molar-refractivity contribution in [2.45, 2.75) is 90.2 Å². The van der Waals surface area contributed by atoms with Gasteiger partial charge in [-0.3, -0.25) is 4.79 Å². The average Bonchev–Trinajstić information content (AvgIpc) is 2.28. The van der Waals surface area contributed by atoms with Gasteiger partial charge in [0.15, 0.2) is 0 Å². The molecule has 3 heteroatoms. The molecule has 112 valence electrons. The molecule has 1 saturated carbocycles. The van der Waals surface area contributed by atoms with E-state index in [0.29, 0.717) is 6.42 Å². The van der Waals surface area contributed by atoms with Gasteiger partial charge in [0, 0.05) is 6.42 Å². The molecule has 3 nitrogen and oxygen atoms in total. The van der Waals surface area contributed by atoms with Crippen LogP contribution in [-0.2, 0) is 4.79 Å². The normalized spacial score (nSPS) is 18.4. The lowest BCUT2D eigenvalue weighted by Crippen LogP contribution is -2.57. The molecular formula is C16H31NO2. The summed E-state index contributed by atoms with van der Waals surface area (Å²) in [6, 6.07) is 0. The van der Waals surface area contributed by atoms with Crippen LogP contribution >= 0.6 is 0 Å². The largest absolute Gasteiger partial charge is 0.388 e. The first-order chi connectivity index (χ1) is 8.72. The number of amides is 1. The van der Waals surface area contributed by atoms with Gasteiger partial charge in [-0.1, -0.05) is 32.1 Å². The lowest BCUT2D eigenvalue weighted by molar-refractivity contribution is -0.126. The second kappa shape index (κ2) is 6.74. The molecule has 1 fully saturated rings. The average molecular weight is 269 g/mol. The number of nitrogens with one attached hydrogen (secondary N) is 1. The van der Waals surface area contributed by atoms with E-state index in [9.17, 15) is 9.90 Å². The summed E-state index contributed by atoms with van der Waals surface area (Å²) >= 11 is 0. The fraction of sp³-hybridized carbons (Fsp3) is 0.938. The Kier molecular flexibility index (Phi) is 5.84. The molecule has 1 rings (SSSR count). The Morgan fingerprint density at radius 3 is 2.26 bits per heavy atom. The molecule has 0 atom stereocenters. The molecule has 0 aliphatic heterocycles. The molecule has 1 amide bonds. The van der Waals surface area contributed by atoms with Crippen LogP contribution in [0, 0.1) is 5.92 Å². The number of hydrogen-bond donors (Lipinski definition) is 2. The standard InChI is InChI=1S/C16H31NO2/c1-15(2,16(3,4)19)17-14(18)12-8-11-13-9-6-5-7-10-13/h13,19H,5-12H2,1-4H3,(H,17,18). The van der Waals surface area contributed by atoms with E-state index in [1.54, 1.807) is 13.8 Å². The molecule has 2 N–H and O–H groups in total. The third-order valence-corrected chi connectivity index (χ3v) is 4.72. The van der Waals surface area contributed by atoms with Crippen LogP contribution in [0.25, 0.3) is 0 Å². The number of hydrogen-bond acceptors (Lipinski definition) is 2. The molecule has 0 heterocycles. The Morgan fingerprint density at radius 1 is 1.16 bits per heavy atom. The van der Waals surface area contributed by atoms with Gasteiger partial charge in [0.05, 0.1) is 11.1 Å². The van der Waals surface area contributed by atoms with Crippen LogP contribution in [0.2, 0.25) is 0 Å². The second-order valence-electron chi connectivity index (χ2n) is 7.13. The van der Waals surface area contributed by atoms with Crippen molar-refractivity contribution in [1.29, 1.82) is 0 Å². The predicted molar refractivity (Wildman–Crippen MR) is 78.9 cm³/mol. The highest BCUT2D eigenvalue weighted by Crippen LogP contribution is 2.28. The van der Waals surface area contributed by atoms with Crippen molar-refractivity contribution in [3.8, 4) is 0 Å². The van der Waals surface area contributed by atoms with Gasteiger partial charge in [-0.25, -0.2) is 0 Å². The summed E-state index contributed by atoms with van der Waals surface area (Å²) in [5.41, 5.74) is -1.50. The van der Waals surface area contributed by atoms with E-state index in [2.05, 4.69) is 5.32 Å². The maximum absolute atomic E-state index is 11.9. The van der Waals surface area contributed by atoms with Crippen molar-refractivity contribution >= 4 is 5.91 Å². The summed E-state index contributed by atoms with van der Waals surface area (Å²) < 4.78 is 0. The van der Waals surface area contributed by atoms with Crippen LogP contribution < -0.4 is 5.32 Å². The molecule has 19 heavy (non-hydrogen) atoms. The van der Waals surface area contributed by atoms with Gasteiger partial charge in [0.25, 0.3) is 0 Å². The molecule has 1 aliphatic carbocycles. The fourth-order valence-corrected chi connectivity index (χ4v) is 2.59. The molecule has 0 saturated heterocycles. The quantitative estimate of drug-likeness (QED) is 0.776. The van der Waals surface area contributed by atoms with E-state index in [1.165, 1.54) is 38.5 Å². The highest BCUT2D eigenvalue weighted by atomic mass is 16.3. The van der Waals surface area contributed by atoms with Gasteiger partial charge in [0.2, 0.25) is 5.91 Å². The summed E-state index contributed by atoms with van der Waals surface area (Å²) in [5, 5.41) is 13.0. The summed E-state index contributed by atoms with van der Waals surface area (Å²) in [6.45, 7) is 7.20. The number of carbonyl (C=O) groups is 1. The molecule has 1 aliphatic rings. The van der Waals surface area contributed by atoms with Crippen molar-refractivity contribution in [2.24, 2.45) is 5.92 Å². The van der Waals surface area contributed by atoms with Crippen molar-refractivity contribution in [2.75, 3.05) is 0 Å². The summed E-state index contributed by atoms with van der Waals surface area (Å²) in [5.74, 6) is 0.895. The van der Waals surface area contributed by atoms with E-state index >= 15 is 0 Å². The van der Waals surface area contributed by atoms with Gasteiger partial charge < -0.3 is 10.4 Å². The van der Waals surface area contributed by atoms with E-state index < -0.39 is 11.1 Å². The topological polar surface area (TPSA) is 49.3 Å². The zero-order chi connectivity index (χ0) is 14.5. The third-order valence-electron chi connectivity index (χ3n) is 4.72. The fourth-order valence-electron chi connectivity index (χ4n) is 2.59. The minimum absolute atomic E-state index is 0.0583. The smallest absolute Gasteiger partial charge is 0.220 e. The number of carbonyl (C=O) groups excluding carboxylic acids is 1. The van der Waals surface area contributed by atoms with E-state index in [1.807, 2.05) is 13.8 Å². The maximum atomic E-state index is 11.9. The molecule has 0 radical (unpaired) electrons. The minimum Gasteiger partial charge on any atom is -0.388 e. The first-order valence-electron chi connectivity index (χ1n) is 7.76. The maximum Gasteiger partial charge on any atom is 0.220 e. The van der Waals surface area contributed by atoms with E-state index in [-0.39, 0.29) is 5.91 Å². The van der Waals surface area contributed by atoms with Gasteiger partial charge in [0.1, 0.15) is 0 Å². The molecule has 0 unspecified atom stereocenters. The van der Waals surface area contributed by atoms with E-state index in [0.717, 1.165) is 12.3 Å². The third kappa shape index (κ3) is 5.52. The molecule has 0 aromatic rings. The van der Waals surface area contributed by atoms with Crippen molar-refractivity contribution < 1.29 is 9.90 Å². The zero-order valence-electron chi connectivity index (χ0n) is 13.1. The van der Waals surface area contributed by atoms with Gasteiger partial charge in [-0.15, -0.1) is 0 Å². The summed E-state index contributed by atoms with van der Waals surface area (Å²) in [6.07, 6.45) is 9.53. The van der Waals surface area contributed by atoms with Crippen LogP contribution in [0.3, 0.4) is 0 Å². The Balaban J connectivity index is 2.24. The highest BCUT2D eigenvalue weighted by molar-refractivity contribution is 5.76. The van der Waals surface area contributed by atoms with Crippen LogP contribution in [0.4, 0.5) is 0 Å². The first-order valence-corrected chi connectivity index (χ1v) is 7.76. The lowest BCUT2D eigenvalue weighted by atomic mass is 9.85. The number of rotatable bonds is 6. The minimum atomic E-state index is -0.911. The van der Waals surface area contributed by atoms with Gasteiger partial charge in [-0.2, -0.15) is 0 Å². The number of aliphatic hydroxyl groups is 1. The second-order valence-corrected chi connectivity index (χ2v) is 7.13. The molecular weight excluding hydrogens is 238 g/mol. The first kappa shape index (κ1) is 16.5. The van der Waals surface area contributed by atoms with Crippen molar-refractivity contribution in [1.82, 2.24) is 5.32 Å². The van der Waals surface area contributed by atoms with Crippen LogP contribution in [-0.4, -0.2) is 22.2 Å². The Morgan fingerprint density at radius 2 is 1.74 bits per heavy atom. The zero-order valence-corrected chi connectivity index (χ0v) is 13.1. The summed E-state index contributed by atoms with van der Waals surface area (Å²) in [4.78, 5) is 11.9. The molecule has 0 bridgehead atoms. The van der Waals surface area contributed by atoms with Crippen LogP contribution in [0.1, 0.15) is 79.1 Å². The van der Waals surface area contributed by atoms with Crippen molar-refractivity contribution in [3.05, 3.63) is 0 Å². The Bertz CT molecular complexity index is 286. The van der Waals surface area contributed by atoms with Crippen LogP contribution in [0.5, 0.6) is 0 Å². The van der Waals surface area contributed by atoms with Crippen LogP contribution in [0.15, 0.2) is 0 Å². The van der Waals surface area contributed by atoms with Crippen molar-refractivity contribution in [3.63, 3.8) is 0 Å². The highest BCUT2D eigenvalue weighted by Gasteiger charge is 2.36. The summed E-state index contributed by atoms with van der Waals surface area (Å²) in [7, 11) is 0. The van der Waals surface area contributed by atoms with Gasteiger partial charge >= 0.3 is 0 Å². The van der Waals surface area contributed by atoms with E-state index in [4.69, 9.17) is 0 Å². The Hall–Kier alpha value is -0.570. The molecule has 0 aromatic carbocycles. The lowest BCUT2D eigenvalue weighted by Gasteiger charge is -2.38. The monoisotopic (exact) mass is 269 g/mol. The Labute approximate surface area is 118 Å².